The van der Waals surface area contributed by atoms with E-state index >= 15 is 0 Å². The van der Waals surface area contributed by atoms with E-state index in [0.717, 1.165) is 12.8 Å². The zero-order valence-corrected chi connectivity index (χ0v) is 12.8. The fourth-order valence-electron chi connectivity index (χ4n) is 2.97. The summed E-state index contributed by atoms with van der Waals surface area (Å²) in [6, 6.07) is 2.82. The number of nitrogen functional groups attached to an aromatic ring is 1. The number of rotatable bonds is 3. The molecular formula is C16H23FN2O2. The first kappa shape index (κ1) is 15.6. The molecule has 21 heavy (non-hydrogen) atoms. The van der Waals surface area contributed by atoms with Crippen molar-refractivity contribution in [2.24, 2.45) is 11.8 Å². The first-order valence-corrected chi connectivity index (χ1v) is 7.38. The average molecular weight is 294 g/mol. The summed E-state index contributed by atoms with van der Waals surface area (Å²) in [6.45, 7) is 4.40. The maximum absolute atomic E-state index is 14.1. The molecule has 1 aromatic rings. The van der Waals surface area contributed by atoms with E-state index in [-0.39, 0.29) is 17.3 Å². The van der Waals surface area contributed by atoms with Crippen molar-refractivity contribution in [2.75, 3.05) is 18.2 Å². The van der Waals surface area contributed by atoms with Crippen molar-refractivity contribution < 1.29 is 13.9 Å². The van der Waals surface area contributed by atoms with Crippen LogP contribution in [0.1, 0.15) is 43.5 Å². The Labute approximate surface area is 124 Å². The van der Waals surface area contributed by atoms with Crippen molar-refractivity contribution >= 4 is 17.3 Å². The number of nitrogens with two attached hydrogens (primary N) is 1. The van der Waals surface area contributed by atoms with Gasteiger partial charge in [-0.3, -0.25) is 0 Å². The Bertz CT molecular complexity index is 533. The number of carbonyl (C=O) groups excluding carboxylic acids is 1. The van der Waals surface area contributed by atoms with Gasteiger partial charge in [-0.1, -0.05) is 26.7 Å². The molecule has 0 saturated heterocycles. The van der Waals surface area contributed by atoms with E-state index in [1.807, 2.05) is 0 Å². The van der Waals surface area contributed by atoms with Gasteiger partial charge in [-0.25, -0.2) is 9.18 Å². The minimum atomic E-state index is -0.555. The molecule has 1 saturated carbocycles. The Morgan fingerprint density at radius 2 is 2.10 bits per heavy atom. The minimum absolute atomic E-state index is 0.0926. The number of halogens is 1. The molecule has 1 aliphatic carbocycles. The molecule has 1 aromatic carbocycles. The highest BCUT2D eigenvalue weighted by atomic mass is 19.1. The van der Waals surface area contributed by atoms with Gasteiger partial charge in [0.1, 0.15) is 5.82 Å². The maximum Gasteiger partial charge on any atom is 0.340 e. The summed E-state index contributed by atoms with van der Waals surface area (Å²) in [6.07, 6.45) is 3.34. The highest BCUT2D eigenvalue weighted by Crippen LogP contribution is 2.33. The van der Waals surface area contributed by atoms with Gasteiger partial charge in [-0.05, 0) is 30.4 Å². The van der Waals surface area contributed by atoms with E-state index in [1.54, 1.807) is 0 Å². The van der Waals surface area contributed by atoms with E-state index < -0.39 is 11.8 Å². The quantitative estimate of drug-likeness (QED) is 0.662. The molecule has 3 unspecified atom stereocenters. The van der Waals surface area contributed by atoms with Gasteiger partial charge in [0.25, 0.3) is 0 Å². The molecule has 0 amide bonds. The number of hydrogen-bond donors (Lipinski definition) is 2. The molecule has 0 bridgehead atoms. The van der Waals surface area contributed by atoms with E-state index in [4.69, 9.17) is 5.73 Å². The normalized spacial score (nSPS) is 25.4. The van der Waals surface area contributed by atoms with E-state index in [9.17, 15) is 9.18 Å². The largest absolute Gasteiger partial charge is 0.465 e. The summed E-state index contributed by atoms with van der Waals surface area (Å²) in [5.41, 5.74) is 6.28. The third kappa shape index (κ3) is 3.28. The molecule has 2 rings (SSSR count). The van der Waals surface area contributed by atoms with Crippen molar-refractivity contribution in [3.63, 3.8) is 0 Å². The lowest BCUT2D eigenvalue weighted by Gasteiger charge is -2.35. The van der Waals surface area contributed by atoms with Gasteiger partial charge in [0.15, 0.2) is 0 Å². The van der Waals surface area contributed by atoms with E-state index in [2.05, 4.69) is 23.9 Å². The first-order chi connectivity index (χ1) is 9.93. The summed E-state index contributed by atoms with van der Waals surface area (Å²) in [4.78, 5) is 11.7. The number of benzene rings is 1. The molecule has 1 fully saturated rings. The number of nitrogens with one attached hydrogen (secondary N) is 1. The van der Waals surface area contributed by atoms with Crippen LogP contribution in [0.2, 0.25) is 0 Å². The second-order valence-electron chi connectivity index (χ2n) is 5.93. The standard InChI is InChI=1S/C16H23FN2O2/c1-9-5-4-6-14(10(9)2)19-15-7-11(16(20)21-3)13(18)8-12(15)17/h7-10,14,19H,4-6,18H2,1-3H3. The lowest BCUT2D eigenvalue weighted by Crippen LogP contribution is -2.35. The van der Waals surface area contributed by atoms with Crippen LogP contribution in [0.3, 0.4) is 0 Å². The third-order valence-electron chi connectivity index (χ3n) is 4.59. The summed E-state index contributed by atoms with van der Waals surface area (Å²) in [5, 5.41) is 3.24. The number of carbonyl (C=O) groups is 1. The van der Waals surface area contributed by atoms with Crippen LogP contribution in [0.4, 0.5) is 15.8 Å². The lowest BCUT2D eigenvalue weighted by atomic mass is 9.78. The van der Waals surface area contributed by atoms with Crippen LogP contribution in [0, 0.1) is 17.7 Å². The third-order valence-corrected chi connectivity index (χ3v) is 4.59. The van der Waals surface area contributed by atoms with Crippen LogP contribution in [0.25, 0.3) is 0 Å². The molecule has 0 aliphatic heterocycles. The number of esters is 1. The molecule has 4 nitrogen and oxygen atoms in total. The molecule has 0 radical (unpaired) electrons. The van der Waals surface area contributed by atoms with Gasteiger partial charge < -0.3 is 15.8 Å². The molecule has 3 atom stereocenters. The van der Waals surface area contributed by atoms with Crippen LogP contribution in [-0.4, -0.2) is 19.1 Å². The fourth-order valence-corrected chi connectivity index (χ4v) is 2.97. The topological polar surface area (TPSA) is 64.3 Å². The average Bonchev–Trinajstić information content (AvgIpc) is 2.45. The number of ether oxygens (including phenoxy) is 1. The van der Waals surface area contributed by atoms with Crippen LogP contribution in [0.15, 0.2) is 12.1 Å². The van der Waals surface area contributed by atoms with Crippen molar-refractivity contribution in [3.05, 3.63) is 23.5 Å². The lowest BCUT2D eigenvalue weighted by molar-refractivity contribution is 0.0602. The Morgan fingerprint density at radius 3 is 2.76 bits per heavy atom. The molecule has 116 valence electrons. The monoisotopic (exact) mass is 294 g/mol. The van der Waals surface area contributed by atoms with Gasteiger partial charge in [0.2, 0.25) is 0 Å². The van der Waals surface area contributed by atoms with Gasteiger partial charge in [-0.15, -0.1) is 0 Å². The zero-order chi connectivity index (χ0) is 15.6. The summed E-state index contributed by atoms with van der Waals surface area (Å²) < 4.78 is 18.8. The molecule has 1 aliphatic rings. The van der Waals surface area contributed by atoms with Crippen LogP contribution < -0.4 is 11.1 Å². The van der Waals surface area contributed by atoms with Crippen LogP contribution in [-0.2, 0) is 4.74 Å². The van der Waals surface area contributed by atoms with Crippen LogP contribution >= 0.6 is 0 Å². The Morgan fingerprint density at radius 1 is 1.38 bits per heavy atom. The molecule has 3 N–H and O–H groups in total. The van der Waals surface area contributed by atoms with E-state index in [0.29, 0.717) is 17.5 Å². The highest BCUT2D eigenvalue weighted by molar-refractivity contribution is 5.96. The minimum Gasteiger partial charge on any atom is -0.465 e. The van der Waals surface area contributed by atoms with E-state index in [1.165, 1.54) is 25.7 Å². The van der Waals surface area contributed by atoms with Gasteiger partial charge in [0.05, 0.1) is 18.4 Å². The fraction of sp³-hybridized carbons (Fsp3) is 0.562. The molecule has 0 aromatic heterocycles. The van der Waals surface area contributed by atoms with Crippen molar-refractivity contribution in [2.45, 2.75) is 39.2 Å². The number of hydrogen-bond acceptors (Lipinski definition) is 4. The highest BCUT2D eigenvalue weighted by Gasteiger charge is 2.28. The summed E-state index contributed by atoms with van der Waals surface area (Å²) in [5.74, 6) is 0.0663. The van der Waals surface area contributed by atoms with Crippen molar-refractivity contribution in [1.29, 1.82) is 0 Å². The Kier molecular flexibility index (Phi) is 4.70. The van der Waals surface area contributed by atoms with Crippen LogP contribution in [0.5, 0.6) is 0 Å². The first-order valence-electron chi connectivity index (χ1n) is 7.38. The second-order valence-corrected chi connectivity index (χ2v) is 5.93. The second kappa shape index (κ2) is 6.33. The Balaban J connectivity index is 2.25. The Hall–Kier alpha value is -1.78. The smallest absolute Gasteiger partial charge is 0.340 e. The van der Waals surface area contributed by atoms with Gasteiger partial charge in [-0.2, -0.15) is 0 Å². The van der Waals surface area contributed by atoms with Crippen molar-refractivity contribution in [3.8, 4) is 0 Å². The molecule has 5 heteroatoms. The van der Waals surface area contributed by atoms with Gasteiger partial charge >= 0.3 is 5.97 Å². The van der Waals surface area contributed by atoms with Gasteiger partial charge in [0, 0.05) is 11.7 Å². The predicted molar refractivity (Wildman–Crippen MR) is 81.7 cm³/mol. The zero-order valence-electron chi connectivity index (χ0n) is 12.8. The molecule has 0 spiro atoms. The molecular weight excluding hydrogens is 271 g/mol. The number of anilines is 2. The molecule has 0 heterocycles. The summed E-state index contributed by atoms with van der Waals surface area (Å²) in [7, 11) is 1.28. The van der Waals surface area contributed by atoms with Crippen molar-refractivity contribution in [1.82, 2.24) is 0 Å². The summed E-state index contributed by atoms with van der Waals surface area (Å²) >= 11 is 0. The number of methoxy groups -OCH3 is 1. The SMILES string of the molecule is COC(=O)c1cc(NC2CCCC(C)C2C)c(F)cc1N. The maximum atomic E-state index is 14.1. The predicted octanol–water partition coefficient (Wildman–Crippen LogP) is 3.43.